The van der Waals surface area contributed by atoms with Gasteiger partial charge in [-0.2, -0.15) is 5.10 Å². The molecule has 1 aromatic heterocycles. The summed E-state index contributed by atoms with van der Waals surface area (Å²) < 4.78 is 17.3. The van der Waals surface area contributed by atoms with E-state index in [2.05, 4.69) is 21.0 Å². The van der Waals surface area contributed by atoms with E-state index in [1.54, 1.807) is 42.6 Å². The summed E-state index contributed by atoms with van der Waals surface area (Å²) in [5.41, 5.74) is -0.242. The van der Waals surface area contributed by atoms with Crippen molar-refractivity contribution >= 4 is 46.5 Å². The molecule has 4 atom stereocenters. The van der Waals surface area contributed by atoms with Gasteiger partial charge in [0, 0.05) is 34.9 Å². The highest BCUT2D eigenvalue weighted by Crippen LogP contribution is 2.57. The first-order valence-electron chi connectivity index (χ1n) is 12.7. The molecular weight excluding hydrogens is 544 g/mol. The first-order valence-corrected chi connectivity index (χ1v) is 13.5. The third kappa shape index (κ3) is 4.82. The van der Waals surface area contributed by atoms with Crippen LogP contribution in [0, 0.1) is 11.2 Å². The number of aromatic nitrogens is 2. The lowest BCUT2D eigenvalue weighted by atomic mass is 9.62. The Morgan fingerprint density at radius 2 is 2.00 bits per heavy atom. The molecule has 1 fully saturated rings. The van der Waals surface area contributed by atoms with E-state index in [0.29, 0.717) is 22.7 Å². The summed E-state index contributed by atoms with van der Waals surface area (Å²) in [7, 11) is 0. The first kappa shape index (κ1) is 27.6. The fraction of sp³-hybridized carbons (Fsp3) is 0.393. The van der Waals surface area contributed by atoms with Crippen molar-refractivity contribution in [1.29, 1.82) is 0 Å². The number of aliphatic hydroxyl groups excluding tert-OH is 1. The molecule has 3 aromatic rings. The predicted octanol–water partition coefficient (Wildman–Crippen LogP) is 4.71. The second kappa shape index (κ2) is 10.2. The molecule has 0 aliphatic carbocycles. The van der Waals surface area contributed by atoms with Gasteiger partial charge in [-0.05, 0) is 41.2 Å². The molecule has 0 saturated carbocycles. The summed E-state index contributed by atoms with van der Waals surface area (Å²) in [6.45, 7) is 6.31. The molecule has 2 aliphatic heterocycles. The van der Waals surface area contributed by atoms with Crippen molar-refractivity contribution < 1.29 is 19.1 Å². The molecule has 2 aliphatic rings. The topological polar surface area (TPSA) is 108 Å². The number of nitrogens with zero attached hydrogens (tertiary/aromatic N) is 2. The maximum absolute atomic E-state index is 15.8. The van der Waals surface area contributed by atoms with Crippen molar-refractivity contribution in [3.63, 3.8) is 0 Å². The van der Waals surface area contributed by atoms with Crippen LogP contribution in [0.1, 0.15) is 44.2 Å². The van der Waals surface area contributed by atoms with Gasteiger partial charge in [-0.3, -0.25) is 14.3 Å². The van der Waals surface area contributed by atoms with E-state index in [1.165, 1.54) is 10.7 Å². The van der Waals surface area contributed by atoms with Crippen LogP contribution in [0.5, 0.6) is 0 Å². The summed E-state index contributed by atoms with van der Waals surface area (Å²) in [6, 6.07) is 9.84. The van der Waals surface area contributed by atoms with E-state index >= 15 is 4.39 Å². The molecule has 206 valence electrons. The Bertz CT molecular complexity index is 1440. The van der Waals surface area contributed by atoms with Crippen molar-refractivity contribution in [1.82, 2.24) is 15.1 Å². The van der Waals surface area contributed by atoms with Gasteiger partial charge in [-0.25, -0.2) is 4.39 Å². The summed E-state index contributed by atoms with van der Waals surface area (Å²) in [4.78, 5) is 28.0. The Labute approximate surface area is 235 Å². The lowest BCUT2D eigenvalue weighted by Crippen LogP contribution is -2.49. The molecule has 11 heteroatoms. The number of carbonyl (C=O) groups excluding carboxylic acids is 2. The highest BCUT2D eigenvalue weighted by atomic mass is 35.5. The second-order valence-electron chi connectivity index (χ2n) is 11.3. The molecule has 5 rings (SSSR count). The number of nitrogens with one attached hydrogen (secondary N) is 3. The Morgan fingerprint density at radius 3 is 2.72 bits per heavy atom. The highest BCUT2D eigenvalue weighted by Gasteiger charge is 2.66. The minimum absolute atomic E-state index is 0.0986. The zero-order chi connectivity index (χ0) is 28.1. The van der Waals surface area contributed by atoms with Crippen LogP contribution in [0.15, 0.2) is 48.7 Å². The standard InChI is InChI=1S/C28H30Cl2FN5O3/c1-27(2,3)14-20-28(17-8-7-15(29)13-19(17)32-26(28)39)22(16-5-4-6-18(30)23(16)31)24(33-20)25(38)34-21-9-10-36(35-21)11-12-37/h4-10,13,20,22,24,33,37H,11-12,14H2,1-3H3,(H,32,39)(H,34,35,38)/t20-,22-,24+,28+/m0/s1. The third-order valence-electron chi connectivity index (χ3n) is 7.44. The van der Waals surface area contributed by atoms with Gasteiger partial charge in [0.25, 0.3) is 0 Å². The number of rotatable bonds is 6. The van der Waals surface area contributed by atoms with Crippen molar-refractivity contribution in [2.45, 2.75) is 57.2 Å². The largest absolute Gasteiger partial charge is 0.394 e. The Hall–Kier alpha value is -2.98. The van der Waals surface area contributed by atoms with Crippen LogP contribution in [0.3, 0.4) is 0 Å². The molecule has 8 nitrogen and oxygen atoms in total. The minimum Gasteiger partial charge on any atom is -0.394 e. The van der Waals surface area contributed by atoms with Crippen LogP contribution >= 0.6 is 23.2 Å². The van der Waals surface area contributed by atoms with Crippen molar-refractivity contribution in [3.8, 4) is 0 Å². The van der Waals surface area contributed by atoms with Crippen LogP contribution < -0.4 is 16.0 Å². The monoisotopic (exact) mass is 573 g/mol. The summed E-state index contributed by atoms with van der Waals surface area (Å²) in [5.74, 6) is -2.17. The summed E-state index contributed by atoms with van der Waals surface area (Å²) in [6.07, 6.45) is 2.15. The number of carbonyl (C=O) groups is 2. The van der Waals surface area contributed by atoms with E-state index in [1.807, 2.05) is 20.8 Å². The number of hydrogen-bond donors (Lipinski definition) is 4. The molecule has 4 N–H and O–H groups in total. The zero-order valence-electron chi connectivity index (χ0n) is 21.8. The van der Waals surface area contributed by atoms with Gasteiger partial charge in [0.15, 0.2) is 5.82 Å². The molecule has 1 saturated heterocycles. The average Bonchev–Trinajstić information content (AvgIpc) is 3.51. The van der Waals surface area contributed by atoms with Crippen LogP contribution in [-0.4, -0.2) is 45.4 Å². The van der Waals surface area contributed by atoms with Crippen molar-refractivity contribution in [2.75, 3.05) is 17.2 Å². The molecule has 0 unspecified atom stereocenters. The van der Waals surface area contributed by atoms with Gasteiger partial charge >= 0.3 is 0 Å². The SMILES string of the molecule is CC(C)(C)C[C@@H]1N[C@@H](C(=O)Nc2ccn(CCO)n2)[C@H](c2cccc(Cl)c2F)[C@]12C(=O)Nc1cc(Cl)ccc12. The normalized spacial score (nSPS) is 24.2. The van der Waals surface area contributed by atoms with E-state index in [4.69, 9.17) is 23.2 Å². The lowest BCUT2D eigenvalue weighted by molar-refractivity contribution is -0.122. The summed E-state index contributed by atoms with van der Waals surface area (Å²) >= 11 is 12.5. The van der Waals surface area contributed by atoms with Crippen LogP contribution in [-0.2, 0) is 21.5 Å². The van der Waals surface area contributed by atoms with Gasteiger partial charge in [0.05, 0.1) is 24.2 Å². The van der Waals surface area contributed by atoms with E-state index < -0.39 is 35.1 Å². The number of hydrogen-bond acceptors (Lipinski definition) is 5. The number of fused-ring (bicyclic) bond motifs is 2. The summed E-state index contributed by atoms with van der Waals surface area (Å²) in [5, 5.41) is 23.0. The lowest BCUT2D eigenvalue weighted by Gasteiger charge is -2.37. The van der Waals surface area contributed by atoms with Crippen molar-refractivity contribution in [3.05, 3.63) is 75.7 Å². The van der Waals surface area contributed by atoms with Crippen LogP contribution in [0.2, 0.25) is 10.0 Å². The maximum Gasteiger partial charge on any atom is 0.243 e. The Kier molecular flexibility index (Phi) is 7.22. The second-order valence-corrected chi connectivity index (χ2v) is 12.1. The average molecular weight is 574 g/mol. The van der Waals surface area contributed by atoms with E-state index in [-0.39, 0.29) is 40.9 Å². The highest BCUT2D eigenvalue weighted by molar-refractivity contribution is 6.31. The van der Waals surface area contributed by atoms with E-state index in [0.717, 1.165) is 0 Å². The van der Waals surface area contributed by atoms with Crippen LogP contribution in [0.4, 0.5) is 15.9 Å². The van der Waals surface area contributed by atoms with E-state index in [9.17, 15) is 14.7 Å². The minimum atomic E-state index is -1.34. The molecule has 1 spiro atoms. The molecular formula is C28H30Cl2FN5O3. The number of halogens is 3. The maximum atomic E-state index is 15.8. The third-order valence-corrected chi connectivity index (χ3v) is 7.97. The molecule has 0 radical (unpaired) electrons. The zero-order valence-corrected chi connectivity index (χ0v) is 23.3. The quantitative estimate of drug-likeness (QED) is 0.341. The van der Waals surface area contributed by atoms with Gasteiger partial charge in [0.1, 0.15) is 11.2 Å². The van der Waals surface area contributed by atoms with Gasteiger partial charge in [0.2, 0.25) is 11.8 Å². The molecule has 39 heavy (non-hydrogen) atoms. The fourth-order valence-corrected chi connectivity index (χ4v) is 6.37. The molecule has 0 bridgehead atoms. The number of amides is 2. The number of benzene rings is 2. The smallest absolute Gasteiger partial charge is 0.243 e. The Balaban J connectivity index is 1.69. The first-order chi connectivity index (χ1) is 18.5. The van der Waals surface area contributed by atoms with Crippen molar-refractivity contribution in [2.24, 2.45) is 5.41 Å². The number of anilines is 2. The molecule has 2 aromatic carbocycles. The fourth-order valence-electron chi connectivity index (χ4n) is 6.01. The van der Waals surface area contributed by atoms with Gasteiger partial charge in [-0.15, -0.1) is 0 Å². The number of aliphatic hydroxyl groups is 1. The molecule has 3 heterocycles. The van der Waals surface area contributed by atoms with Gasteiger partial charge in [-0.1, -0.05) is 62.2 Å². The predicted molar refractivity (Wildman–Crippen MR) is 149 cm³/mol. The van der Waals surface area contributed by atoms with Crippen LogP contribution in [0.25, 0.3) is 0 Å². The van der Waals surface area contributed by atoms with Gasteiger partial charge < -0.3 is 21.1 Å². The Morgan fingerprint density at radius 1 is 1.23 bits per heavy atom. The molecule has 2 amide bonds.